The molecule has 0 bridgehead atoms. The Morgan fingerprint density at radius 2 is 0.438 bits per heavy atom. The summed E-state index contributed by atoms with van der Waals surface area (Å²) in [5.74, 6) is 0. The van der Waals surface area contributed by atoms with E-state index >= 15 is 0 Å². The average molecular weight is 1110 g/mol. The van der Waals surface area contributed by atoms with Crippen molar-refractivity contribution in [2.45, 2.75) is 0 Å². The van der Waals surface area contributed by atoms with Gasteiger partial charge in [-0.1, -0.05) is 212 Å². The van der Waals surface area contributed by atoms with Crippen LogP contribution >= 0.6 is 0 Å². The predicted molar refractivity (Wildman–Crippen MR) is 327 cm³/mol. The fourth-order valence-electron chi connectivity index (χ4n) is 11.0. The second-order valence-corrected chi connectivity index (χ2v) is 19.4. The Balaban J connectivity index is 0.000000119. The van der Waals surface area contributed by atoms with E-state index in [1.807, 2.05) is 55.2 Å². The third kappa shape index (κ3) is 9.88. The molecule has 0 atom stereocenters. The molecule has 0 aliphatic carbocycles. The van der Waals surface area contributed by atoms with Gasteiger partial charge < -0.3 is 0 Å². The SMILES string of the molecule is C[n+]1ccc(-c2ccccc2)c2ccc3c(-c4ccccc4)ccnc3c21.[Ru].c1ccc(-c2ccnc3c2ccc2c(-c4ccccc4)ccnc23)cc1.c1ccc(-c2ccnc3c2ccc2c(-c4ccccc4)ccnc23)cc1. The number of benzene rings is 9. The van der Waals surface area contributed by atoms with Crippen molar-refractivity contribution in [1.29, 1.82) is 0 Å². The summed E-state index contributed by atoms with van der Waals surface area (Å²) in [7, 11) is 2.09. The van der Waals surface area contributed by atoms with Gasteiger partial charge in [-0.2, -0.15) is 4.57 Å². The van der Waals surface area contributed by atoms with Crippen molar-refractivity contribution in [2.75, 3.05) is 0 Å². The Labute approximate surface area is 477 Å². The molecule has 0 N–H and O–H groups in total. The smallest absolute Gasteiger partial charge is 0.239 e. The van der Waals surface area contributed by atoms with Crippen molar-refractivity contribution in [1.82, 2.24) is 24.9 Å². The van der Waals surface area contributed by atoms with Crippen LogP contribution in [0, 0.1) is 0 Å². The Kier molecular flexibility index (Phi) is 14.6. The summed E-state index contributed by atoms with van der Waals surface area (Å²) in [5, 5.41) is 6.91. The molecule has 0 unspecified atom stereocenters. The molecule has 0 aliphatic heterocycles. The van der Waals surface area contributed by atoms with Gasteiger partial charge in [0.05, 0.1) is 27.5 Å². The Hall–Kier alpha value is -9.94. The van der Waals surface area contributed by atoms with Crippen molar-refractivity contribution in [2.24, 2.45) is 7.05 Å². The Morgan fingerprint density at radius 1 is 0.225 bits per heavy atom. The zero-order chi connectivity index (χ0) is 52.9. The fraction of sp³-hybridized carbons (Fsp3) is 0.0137. The van der Waals surface area contributed by atoms with E-state index < -0.39 is 0 Å². The molecule has 0 amide bonds. The zero-order valence-electron chi connectivity index (χ0n) is 43.7. The van der Waals surface area contributed by atoms with Crippen molar-refractivity contribution in [3.8, 4) is 66.8 Å². The van der Waals surface area contributed by atoms with Crippen LogP contribution in [-0.2, 0) is 26.5 Å². The molecule has 0 saturated carbocycles. The van der Waals surface area contributed by atoms with Crippen LogP contribution < -0.4 is 4.57 Å². The van der Waals surface area contributed by atoms with Crippen molar-refractivity contribution < 1.29 is 24.0 Å². The minimum atomic E-state index is 0. The monoisotopic (exact) mass is 1110 g/mol. The Morgan fingerprint density at radius 3 is 0.700 bits per heavy atom. The van der Waals surface area contributed by atoms with Crippen molar-refractivity contribution >= 4 is 65.4 Å². The molecule has 0 aliphatic rings. The van der Waals surface area contributed by atoms with Gasteiger partial charge in [0.2, 0.25) is 5.52 Å². The van der Waals surface area contributed by atoms with E-state index in [1.54, 1.807) is 0 Å². The summed E-state index contributed by atoms with van der Waals surface area (Å²) in [5.41, 5.74) is 20.4. The summed E-state index contributed by atoms with van der Waals surface area (Å²) in [6, 6.07) is 88.5. The molecule has 15 aromatic rings. The maximum atomic E-state index is 4.77. The number of hydrogen-bond donors (Lipinski definition) is 0. The van der Waals surface area contributed by atoms with E-state index in [0.29, 0.717) is 0 Å². The molecule has 6 nitrogen and oxygen atoms in total. The van der Waals surface area contributed by atoms with Crippen LogP contribution in [0.3, 0.4) is 0 Å². The second-order valence-electron chi connectivity index (χ2n) is 19.4. The van der Waals surface area contributed by atoms with Gasteiger partial charge in [0.1, 0.15) is 12.6 Å². The van der Waals surface area contributed by atoms with Crippen molar-refractivity contribution in [3.63, 3.8) is 0 Å². The normalized spacial score (nSPS) is 11.0. The molecule has 6 aromatic heterocycles. The van der Waals surface area contributed by atoms with Crippen LogP contribution in [0.4, 0.5) is 0 Å². The van der Waals surface area contributed by atoms with Crippen LogP contribution in [0.2, 0.25) is 0 Å². The average Bonchev–Trinajstić information content (AvgIpc) is 3.57. The summed E-state index contributed by atoms with van der Waals surface area (Å²) in [6.45, 7) is 0. The van der Waals surface area contributed by atoms with Gasteiger partial charge in [0, 0.05) is 89.0 Å². The molecule has 0 fully saturated rings. The molecule has 9 aromatic carbocycles. The van der Waals surface area contributed by atoms with Gasteiger partial charge >= 0.3 is 0 Å². The molecular formula is C73H51N6Ru+. The molecule has 0 saturated heterocycles. The standard InChI is InChI=1S/C25H19N2.2C24H16N2.Ru/c1-27-17-15-21(19-10-6-3-7-11-19)23-13-12-22-20(18-8-4-2-5-9-18)14-16-26-24(22)25(23)27;2*1-3-7-17(8-4-1)19-13-15-25-23-21(19)11-12-22-20(14-16-26-24(22)23)18-9-5-2-6-10-18;/h2-17H,1H3;2*1-16H;/q+1;;;. The second kappa shape index (κ2) is 23.0. The molecule has 0 spiro atoms. The van der Waals surface area contributed by atoms with Gasteiger partial charge in [-0.05, 0) is 97.6 Å². The first-order chi connectivity index (χ1) is 39.2. The summed E-state index contributed by atoms with van der Waals surface area (Å²) in [4.78, 5) is 23.4. The van der Waals surface area contributed by atoms with E-state index in [0.717, 1.165) is 54.6 Å². The maximum Gasteiger partial charge on any atom is 0.239 e. The fourth-order valence-corrected chi connectivity index (χ4v) is 11.0. The van der Waals surface area contributed by atoms with E-state index in [9.17, 15) is 0 Å². The van der Waals surface area contributed by atoms with Gasteiger partial charge in [-0.25, -0.2) is 4.98 Å². The number of rotatable bonds is 6. The predicted octanol–water partition coefficient (Wildman–Crippen LogP) is 17.8. The van der Waals surface area contributed by atoms with E-state index in [4.69, 9.17) is 4.98 Å². The van der Waals surface area contributed by atoms with E-state index in [2.05, 4.69) is 268 Å². The van der Waals surface area contributed by atoms with Gasteiger partial charge in [0.25, 0.3) is 0 Å². The molecule has 6 heterocycles. The van der Waals surface area contributed by atoms with Gasteiger partial charge in [-0.15, -0.1) is 0 Å². The number of nitrogens with zero attached hydrogens (tertiary/aromatic N) is 6. The third-order valence-electron chi connectivity index (χ3n) is 14.7. The number of aryl methyl sites for hydroxylation is 1. The van der Waals surface area contributed by atoms with Gasteiger partial charge in [0.15, 0.2) is 6.20 Å². The topological polar surface area (TPSA) is 68.3 Å². The molecular weight excluding hydrogens is 1060 g/mol. The number of aromatic nitrogens is 6. The van der Waals surface area contributed by atoms with Crippen molar-refractivity contribution in [3.05, 3.63) is 292 Å². The summed E-state index contributed by atoms with van der Waals surface area (Å²) < 4.78 is 2.17. The number of hydrogen-bond acceptors (Lipinski definition) is 5. The first-order valence-electron chi connectivity index (χ1n) is 26.5. The summed E-state index contributed by atoms with van der Waals surface area (Å²) in [6.07, 6.45) is 11.5. The summed E-state index contributed by atoms with van der Waals surface area (Å²) >= 11 is 0. The minimum Gasteiger partial charge on any atom is -0.254 e. The quantitative estimate of drug-likeness (QED) is 0.0943. The Bertz CT molecular complexity index is 4250. The van der Waals surface area contributed by atoms with Crippen LogP contribution in [0.1, 0.15) is 0 Å². The van der Waals surface area contributed by atoms with Crippen LogP contribution in [0.15, 0.2) is 292 Å². The van der Waals surface area contributed by atoms with E-state index in [-0.39, 0.29) is 19.5 Å². The molecule has 380 valence electrons. The molecule has 80 heavy (non-hydrogen) atoms. The minimum absolute atomic E-state index is 0. The van der Waals surface area contributed by atoms with Gasteiger partial charge in [-0.3, -0.25) is 19.9 Å². The first kappa shape index (κ1) is 50.9. The zero-order valence-corrected chi connectivity index (χ0v) is 45.5. The molecule has 15 rings (SSSR count). The molecule has 0 radical (unpaired) electrons. The maximum absolute atomic E-state index is 4.77. The first-order valence-corrected chi connectivity index (χ1v) is 26.5. The largest absolute Gasteiger partial charge is 0.254 e. The van der Waals surface area contributed by atoms with E-state index in [1.165, 1.54) is 77.5 Å². The number of pyridine rings is 6. The number of fused-ring (bicyclic) bond motifs is 9. The molecule has 7 heteroatoms. The third-order valence-corrected chi connectivity index (χ3v) is 14.7. The van der Waals surface area contributed by atoms with Crippen LogP contribution in [-0.4, -0.2) is 24.9 Å². The van der Waals surface area contributed by atoms with Crippen LogP contribution in [0.25, 0.3) is 132 Å². The van der Waals surface area contributed by atoms with Crippen LogP contribution in [0.5, 0.6) is 0 Å².